The second-order valence-corrected chi connectivity index (χ2v) is 17.4. The van der Waals surface area contributed by atoms with E-state index in [2.05, 4.69) is 207 Å². The van der Waals surface area contributed by atoms with Crippen molar-refractivity contribution in [2.75, 3.05) is 9.80 Å². The van der Waals surface area contributed by atoms with Gasteiger partial charge >= 0.3 is 0 Å². The maximum Gasteiger partial charge on any atom is 0.159 e. The van der Waals surface area contributed by atoms with E-state index < -0.39 is 0 Å². The first-order valence-corrected chi connectivity index (χ1v) is 22.2. The lowest BCUT2D eigenvalue weighted by Gasteiger charge is -2.42. The maximum absolute atomic E-state index is 12.6. The first-order chi connectivity index (χ1) is 31.4. The molecule has 2 aliphatic carbocycles. The average molecular weight is 831 g/mol. The lowest BCUT2D eigenvalue weighted by molar-refractivity contribution is 0.248. The van der Waals surface area contributed by atoms with Crippen LogP contribution in [0.25, 0.3) is 60.2 Å². The number of phenols is 1. The van der Waals surface area contributed by atoms with E-state index >= 15 is 0 Å². The molecule has 0 spiro atoms. The van der Waals surface area contributed by atoms with E-state index in [0.717, 1.165) is 112 Å². The largest absolute Gasteiger partial charge is 0.507 e. The van der Waals surface area contributed by atoms with Gasteiger partial charge in [-0.2, -0.15) is 0 Å². The molecule has 1 aromatic heterocycles. The number of phenolic OH excluding ortho intramolecular Hbond substituents is 1. The quantitative estimate of drug-likeness (QED) is 0.173. The minimum Gasteiger partial charge on any atom is -0.507 e. The Morgan fingerprint density at radius 2 is 1.33 bits per heavy atom. The van der Waals surface area contributed by atoms with Crippen molar-refractivity contribution in [3.05, 3.63) is 210 Å². The summed E-state index contributed by atoms with van der Waals surface area (Å²) >= 11 is 0. The van der Waals surface area contributed by atoms with Gasteiger partial charge < -0.3 is 24.1 Å². The zero-order valence-corrected chi connectivity index (χ0v) is 36.0. The van der Waals surface area contributed by atoms with Gasteiger partial charge in [-0.1, -0.05) is 152 Å². The summed E-state index contributed by atoms with van der Waals surface area (Å²) in [6.45, 7) is 6.37. The van der Waals surface area contributed by atoms with Gasteiger partial charge in [0.1, 0.15) is 23.2 Å². The normalized spacial score (nSPS) is 17.5. The number of hydrogen-bond acceptors (Lipinski definition) is 5. The Hall–Kier alpha value is -7.76. The van der Waals surface area contributed by atoms with Crippen molar-refractivity contribution in [1.29, 1.82) is 0 Å². The minimum absolute atomic E-state index is 0.0325. The number of ether oxygens (including phenoxy) is 1. The van der Waals surface area contributed by atoms with Crippen molar-refractivity contribution >= 4 is 71.8 Å². The minimum atomic E-state index is -0.212. The molecule has 0 radical (unpaired) electrons. The Morgan fingerprint density at radius 3 is 2.17 bits per heavy atom. The highest BCUT2D eigenvalue weighted by molar-refractivity contribution is 6.13. The van der Waals surface area contributed by atoms with E-state index in [4.69, 9.17) is 9.15 Å². The first kappa shape index (κ1) is 38.0. The number of aromatic hydroxyl groups is 1. The molecule has 12 rings (SSSR count). The predicted molar refractivity (Wildman–Crippen MR) is 266 cm³/mol. The third-order valence-corrected chi connectivity index (χ3v) is 13.5. The van der Waals surface area contributed by atoms with Crippen LogP contribution in [0, 0.1) is 20.8 Å². The highest BCUT2D eigenvalue weighted by Gasteiger charge is 2.41. The molecule has 5 heteroatoms. The van der Waals surface area contributed by atoms with Gasteiger partial charge in [-0.05, 0) is 91.2 Å². The van der Waals surface area contributed by atoms with Crippen LogP contribution in [0.1, 0.15) is 28.7 Å². The summed E-state index contributed by atoms with van der Waals surface area (Å²) in [6.07, 6.45) is 16.1. The summed E-state index contributed by atoms with van der Waals surface area (Å²) in [5.41, 5.74) is 13.1. The number of furan rings is 1. The molecule has 0 saturated heterocycles. The molecule has 1 N–H and O–H groups in total. The summed E-state index contributed by atoms with van der Waals surface area (Å²) in [7, 11) is 0. The Bertz CT molecular complexity index is 3500. The SMILES string of the molecule is Cc1cccc(N(c2cc(-c3cc(N(C4C=CC=CC4)C4C=CC=C5c6cccc(C)c6OC54)c4ccccc4c3O)cc3ccccc23)c2cccc3c2oc2c(C)cccc23)c1. The third-order valence-electron chi connectivity index (χ3n) is 13.5. The second-order valence-electron chi connectivity index (χ2n) is 17.4. The summed E-state index contributed by atoms with van der Waals surface area (Å²) < 4.78 is 13.8. The molecule has 9 aromatic rings. The first-order valence-electron chi connectivity index (χ1n) is 22.2. The van der Waals surface area contributed by atoms with Crippen molar-refractivity contribution in [3.63, 3.8) is 0 Å². The summed E-state index contributed by atoms with van der Waals surface area (Å²) in [4.78, 5) is 4.87. The van der Waals surface area contributed by atoms with Crippen LogP contribution in [0.5, 0.6) is 11.5 Å². The monoisotopic (exact) mass is 830 g/mol. The van der Waals surface area contributed by atoms with Gasteiger partial charge in [-0.15, -0.1) is 0 Å². The molecular weight excluding hydrogens is 785 g/mol. The molecule has 5 nitrogen and oxygen atoms in total. The fourth-order valence-electron chi connectivity index (χ4n) is 10.5. The molecule has 3 atom stereocenters. The fraction of sp³-hybridized carbons (Fsp3) is 0.119. The predicted octanol–water partition coefficient (Wildman–Crippen LogP) is 15.1. The molecule has 64 heavy (non-hydrogen) atoms. The fourth-order valence-corrected chi connectivity index (χ4v) is 10.5. The molecule has 310 valence electrons. The third kappa shape index (κ3) is 5.99. The topological polar surface area (TPSA) is 49.1 Å². The molecule has 0 fully saturated rings. The lowest BCUT2D eigenvalue weighted by atomic mass is 9.88. The zero-order valence-electron chi connectivity index (χ0n) is 36.0. The van der Waals surface area contributed by atoms with Crippen LogP contribution in [-0.2, 0) is 0 Å². The molecule has 0 amide bonds. The van der Waals surface area contributed by atoms with E-state index in [-0.39, 0.29) is 23.9 Å². The van der Waals surface area contributed by atoms with E-state index in [0.29, 0.717) is 0 Å². The number of rotatable bonds is 7. The number of para-hydroxylation sites is 3. The average Bonchev–Trinajstić information content (AvgIpc) is 3.92. The van der Waals surface area contributed by atoms with E-state index in [1.165, 1.54) is 5.57 Å². The van der Waals surface area contributed by atoms with Gasteiger partial charge in [0.05, 0.1) is 23.5 Å². The summed E-state index contributed by atoms with van der Waals surface area (Å²) in [6, 6.07) is 51.3. The van der Waals surface area contributed by atoms with E-state index in [9.17, 15) is 5.11 Å². The number of anilines is 4. The summed E-state index contributed by atoms with van der Waals surface area (Å²) in [5, 5.41) is 18.7. The van der Waals surface area contributed by atoms with Crippen LogP contribution in [0.4, 0.5) is 22.7 Å². The van der Waals surface area contributed by atoms with Gasteiger partial charge in [-0.25, -0.2) is 0 Å². The molecule has 2 heterocycles. The molecule has 3 unspecified atom stereocenters. The van der Waals surface area contributed by atoms with Gasteiger partial charge in [0.15, 0.2) is 5.58 Å². The Balaban J connectivity index is 1.10. The van der Waals surface area contributed by atoms with Gasteiger partial charge in [-0.3, -0.25) is 0 Å². The Labute approximate surface area is 372 Å². The van der Waals surface area contributed by atoms with Crippen LogP contribution in [0.2, 0.25) is 0 Å². The standard InChI is InChI=1S/C59H46N2O3/c1-36-16-11-22-42(32-36)61(52-31-15-29-49-47-27-13-18-38(3)57(47)64-59(49)52)53-34-40(33-39-19-7-8-23-43(39)53)50-35-54(44-24-9-10-25-45(44)55(50)62)60(41-20-5-4-6-21-41)51-30-14-28-48-46-26-12-17-37(2)56(46)63-58(48)51/h4-20,22-35,41,51,58,62H,21H2,1-3H3. The maximum atomic E-state index is 12.6. The highest BCUT2D eigenvalue weighted by atomic mass is 16.5. The van der Waals surface area contributed by atoms with Gasteiger partial charge in [0.2, 0.25) is 0 Å². The molecule has 1 aliphatic heterocycles. The zero-order chi connectivity index (χ0) is 43.1. The molecular formula is C59H46N2O3. The number of nitrogens with zero attached hydrogens (tertiary/aromatic N) is 2. The van der Waals surface area contributed by atoms with Crippen molar-refractivity contribution in [3.8, 4) is 22.6 Å². The highest BCUT2D eigenvalue weighted by Crippen LogP contribution is 2.51. The second kappa shape index (κ2) is 15.0. The summed E-state index contributed by atoms with van der Waals surface area (Å²) in [5.74, 6) is 1.20. The van der Waals surface area contributed by atoms with Gasteiger partial charge in [0.25, 0.3) is 0 Å². The van der Waals surface area contributed by atoms with Crippen molar-refractivity contribution < 1.29 is 14.3 Å². The van der Waals surface area contributed by atoms with Gasteiger partial charge in [0, 0.05) is 55.0 Å². The number of hydrogen-bond donors (Lipinski definition) is 1. The Morgan fingerprint density at radius 1 is 0.578 bits per heavy atom. The lowest BCUT2D eigenvalue weighted by Crippen LogP contribution is -2.50. The van der Waals surface area contributed by atoms with Crippen molar-refractivity contribution in [2.24, 2.45) is 0 Å². The van der Waals surface area contributed by atoms with E-state index in [1.807, 2.05) is 12.1 Å². The Kier molecular flexibility index (Phi) is 8.87. The number of allylic oxidation sites excluding steroid dienone is 4. The number of fused-ring (bicyclic) bond motifs is 8. The van der Waals surface area contributed by atoms with Crippen LogP contribution in [0.15, 0.2) is 193 Å². The molecule has 0 bridgehead atoms. The smallest absolute Gasteiger partial charge is 0.159 e. The van der Waals surface area contributed by atoms with Crippen molar-refractivity contribution in [2.45, 2.75) is 45.4 Å². The molecule has 8 aromatic carbocycles. The number of benzene rings is 8. The van der Waals surface area contributed by atoms with Crippen LogP contribution in [-0.4, -0.2) is 23.3 Å². The van der Waals surface area contributed by atoms with Crippen molar-refractivity contribution in [1.82, 2.24) is 0 Å². The number of aryl methyl sites for hydroxylation is 3. The molecule has 0 saturated carbocycles. The van der Waals surface area contributed by atoms with Crippen LogP contribution < -0.4 is 14.5 Å². The molecule has 3 aliphatic rings. The van der Waals surface area contributed by atoms with E-state index in [1.54, 1.807) is 0 Å². The van der Waals surface area contributed by atoms with Crippen LogP contribution in [0.3, 0.4) is 0 Å². The van der Waals surface area contributed by atoms with Crippen LogP contribution >= 0.6 is 0 Å².